The number of amides is 1. The van der Waals surface area contributed by atoms with Gasteiger partial charge in [-0.15, -0.1) is 0 Å². The predicted octanol–water partition coefficient (Wildman–Crippen LogP) is 3.15. The highest BCUT2D eigenvalue weighted by atomic mass is 16.3. The number of carbonyl (C=O) groups is 2. The van der Waals surface area contributed by atoms with Crippen molar-refractivity contribution < 1.29 is 14.7 Å². The molecule has 124 valence electrons. The number of para-hydroxylation sites is 1. The SMILES string of the molecule is CC(C)CN1C(=O)[C@@](O)(CC(=O)c2ccccc2)c2ccccc21. The maximum atomic E-state index is 12.9. The highest BCUT2D eigenvalue weighted by molar-refractivity contribution is 6.10. The standard InChI is InChI=1S/C20H21NO3/c1-14(2)13-21-17-11-7-6-10-16(17)20(24,19(21)23)12-18(22)15-8-4-3-5-9-15/h3-11,14,24H,12-13H2,1-2H3/t20-/m1/s1. The quantitative estimate of drug-likeness (QED) is 0.860. The van der Waals surface area contributed by atoms with Crippen LogP contribution in [0.15, 0.2) is 54.6 Å². The molecular formula is C20H21NO3. The minimum Gasteiger partial charge on any atom is -0.375 e. The molecule has 0 aliphatic carbocycles. The van der Waals surface area contributed by atoms with Crippen LogP contribution in [0.2, 0.25) is 0 Å². The zero-order chi connectivity index (χ0) is 17.3. The molecule has 1 heterocycles. The van der Waals surface area contributed by atoms with E-state index in [1.54, 1.807) is 41.3 Å². The first kappa shape index (κ1) is 16.4. The number of aliphatic hydroxyl groups is 1. The maximum absolute atomic E-state index is 12.9. The summed E-state index contributed by atoms with van der Waals surface area (Å²) >= 11 is 0. The average molecular weight is 323 g/mol. The summed E-state index contributed by atoms with van der Waals surface area (Å²) in [6, 6.07) is 15.9. The van der Waals surface area contributed by atoms with Crippen LogP contribution in [0.25, 0.3) is 0 Å². The lowest BCUT2D eigenvalue weighted by molar-refractivity contribution is -0.136. The van der Waals surface area contributed by atoms with Crippen LogP contribution in [0.1, 0.15) is 36.2 Å². The third kappa shape index (κ3) is 2.74. The van der Waals surface area contributed by atoms with Gasteiger partial charge in [-0.1, -0.05) is 62.4 Å². The number of fused-ring (bicyclic) bond motifs is 1. The Hall–Kier alpha value is -2.46. The summed E-state index contributed by atoms with van der Waals surface area (Å²) in [5.74, 6) is -0.400. The van der Waals surface area contributed by atoms with Gasteiger partial charge >= 0.3 is 0 Å². The summed E-state index contributed by atoms with van der Waals surface area (Å²) in [6.07, 6.45) is -0.249. The molecule has 4 nitrogen and oxygen atoms in total. The average Bonchev–Trinajstić information content (AvgIpc) is 2.78. The van der Waals surface area contributed by atoms with Crippen molar-refractivity contribution in [3.8, 4) is 0 Å². The minimum atomic E-state index is -1.79. The second-order valence-corrected chi connectivity index (χ2v) is 6.65. The molecular weight excluding hydrogens is 302 g/mol. The Morgan fingerprint density at radius 2 is 1.71 bits per heavy atom. The van der Waals surface area contributed by atoms with E-state index in [0.717, 1.165) is 0 Å². The molecule has 0 aromatic heterocycles. The molecule has 0 radical (unpaired) electrons. The Bertz CT molecular complexity index is 769. The van der Waals surface area contributed by atoms with Crippen molar-refractivity contribution in [2.24, 2.45) is 5.92 Å². The van der Waals surface area contributed by atoms with Gasteiger partial charge < -0.3 is 10.0 Å². The Kier molecular flexibility index (Phi) is 4.24. The van der Waals surface area contributed by atoms with Gasteiger partial charge in [0, 0.05) is 17.7 Å². The monoisotopic (exact) mass is 323 g/mol. The fourth-order valence-corrected chi connectivity index (χ4v) is 3.18. The van der Waals surface area contributed by atoms with Crippen LogP contribution < -0.4 is 4.90 Å². The summed E-state index contributed by atoms with van der Waals surface area (Å²) in [5.41, 5.74) is -0.0868. The first-order chi connectivity index (χ1) is 11.4. The fraction of sp³-hybridized carbons (Fsp3) is 0.300. The van der Waals surface area contributed by atoms with E-state index in [1.807, 2.05) is 32.0 Å². The number of carbonyl (C=O) groups excluding carboxylic acids is 2. The van der Waals surface area contributed by atoms with E-state index < -0.39 is 11.5 Å². The van der Waals surface area contributed by atoms with Crippen LogP contribution >= 0.6 is 0 Å². The molecule has 0 fully saturated rings. The molecule has 3 rings (SSSR count). The van der Waals surface area contributed by atoms with Crippen LogP contribution in [0.5, 0.6) is 0 Å². The van der Waals surface area contributed by atoms with Crippen molar-refractivity contribution in [2.75, 3.05) is 11.4 Å². The lowest BCUT2D eigenvalue weighted by atomic mass is 9.88. The van der Waals surface area contributed by atoms with Crippen LogP contribution in [-0.2, 0) is 10.4 Å². The smallest absolute Gasteiger partial charge is 0.264 e. The van der Waals surface area contributed by atoms with Crippen LogP contribution in [0, 0.1) is 5.92 Å². The first-order valence-corrected chi connectivity index (χ1v) is 8.15. The highest BCUT2D eigenvalue weighted by Gasteiger charge is 2.50. The van der Waals surface area contributed by atoms with Gasteiger partial charge in [-0.25, -0.2) is 0 Å². The summed E-state index contributed by atoms with van der Waals surface area (Å²) in [6.45, 7) is 4.54. The van der Waals surface area contributed by atoms with Crippen molar-refractivity contribution in [3.63, 3.8) is 0 Å². The van der Waals surface area contributed by atoms with E-state index in [9.17, 15) is 14.7 Å². The summed E-state index contributed by atoms with van der Waals surface area (Å²) in [7, 11) is 0. The number of nitrogens with zero attached hydrogens (tertiary/aromatic N) is 1. The number of benzene rings is 2. The van der Waals surface area contributed by atoms with Gasteiger partial charge in [-0.2, -0.15) is 0 Å². The molecule has 1 atom stereocenters. The highest BCUT2D eigenvalue weighted by Crippen LogP contribution is 2.43. The van der Waals surface area contributed by atoms with E-state index in [1.165, 1.54) is 0 Å². The molecule has 0 saturated heterocycles. The summed E-state index contributed by atoms with van der Waals surface area (Å²) in [4.78, 5) is 27.1. The van der Waals surface area contributed by atoms with Gasteiger partial charge in [0.05, 0.1) is 12.1 Å². The number of ketones is 1. The number of anilines is 1. The Balaban J connectivity index is 1.97. The molecule has 2 aromatic carbocycles. The van der Waals surface area contributed by atoms with E-state index >= 15 is 0 Å². The molecule has 1 aliphatic rings. The van der Waals surface area contributed by atoms with Gasteiger partial charge in [-0.3, -0.25) is 9.59 Å². The maximum Gasteiger partial charge on any atom is 0.264 e. The Labute approximate surface area is 141 Å². The van der Waals surface area contributed by atoms with Crippen LogP contribution in [0.4, 0.5) is 5.69 Å². The third-order valence-electron chi connectivity index (χ3n) is 4.30. The molecule has 1 aliphatic heterocycles. The van der Waals surface area contributed by atoms with Gasteiger partial charge in [-0.05, 0) is 12.0 Å². The largest absolute Gasteiger partial charge is 0.375 e. The van der Waals surface area contributed by atoms with Gasteiger partial charge in [0.2, 0.25) is 0 Å². The van der Waals surface area contributed by atoms with Crippen LogP contribution in [0.3, 0.4) is 0 Å². The number of Topliss-reactive ketones (excluding diaryl/α,β-unsaturated/α-hetero) is 1. The van der Waals surface area contributed by atoms with E-state index in [0.29, 0.717) is 23.4 Å². The zero-order valence-electron chi connectivity index (χ0n) is 13.9. The Morgan fingerprint density at radius 3 is 2.38 bits per heavy atom. The van der Waals surface area contributed by atoms with Gasteiger partial charge in [0.1, 0.15) is 0 Å². The molecule has 2 aromatic rings. The molecule has 0 bridgehead atoms. The summed E-state index contributed by atoms with van der Waals surface area (Å²) in [5, 5.41) is 11.1. The second-order valence-electron chi connectivity index (χ2n) is 6.65. The van der Waals surface area contributed by atoms with Gasteiger partial charge in [0.15, 0.2) is 11.4 Å². The lowest BCUT2D eigenvalue weighted by Crippen LogP contribution is -2.43. The normalized spacial score (nSPS) is 19.7. The van der Waals surface area contributed by atoms with Crippen LogP contribution in [-0.4, -0.2) is 23.3 Å². The van der Waals surface area contributed by atoms with E-state index in [2.05, 4.69) is 0 Å². The minimum absolute atomic E-state index is 0.243. The Morgan fingerprint density at radius 1 is 1.08 bits per heavy atom. The van der Waals surface area contributed by atoms with E-state index in [4.69, 9.17) is 0 Å². The number of rotatable bonds is 5. The number of hydrogen-bond acceptors (Lipinski definition) is 3. The van der Waals surface area contributed by atoms with Crippen molar-refractivity contribution in [1.82, 2.24) is 0 Å². The lowest BCUT2D eigenvalue weighted by Gasteiger charge is -2.23. The molecule has 0 saturated carbocycles. The molecule has 1 amide bonds. The molecule has 1 N–H and O–H groups in total. The third-order valence-corrected chi connectivity index (χ3v) is 4.30. The van der Waals surface area contributed by atoms with Crippen molar-refractivity contribution in [1.29, 1.82) is 0 Å². The molecule has 0 unspecified atom stereocenters. The second kappa shape index (κ2) is 6.21. The molecule has 4 heteroatoms. The van der Waals surface area contributed by atoms with Crippen molar-refractivity contribution in [3.05, 3.63) is 65.7 Å². The topological polar surface area (TPSA) is 57.6 Å². The van der Waals surface area contributed by atoms with Gasteiger partial charge in [0.25, 0.3) is 5.91 Å². The number of hydrogen-bond donors (Lipinski definition) is 1. The predicted molar refractivity (Wildman–Crippen MR) is 92.9 cm³/mol. The summed E-state index contributed by atoms with van der Waals surface area (Å²) < 4.78 is 0. The van der Waals surface area contributed by atoms with Crippen molar-refractivity contribution >= 4 is 17.4 Å². The molecule has 24 heavy (non-hydrogen) atoms. The van der Waals surface area contributed by atoms with Crippen molar-refractivity contribution in [2.45, 2.75) is 25.9 Å². The molecule has 0 spiro atoms. The first-order valence-electron chi connectivity index (χ1n) is 8.15. The fourth-order valence-electron chi connectivity index (χ4n) is 3.18. The zero-order valence-corrected chi connectivity index (χ0v) is 13.9. The van der Waals surface area contributed by atoms with E-state index in [-0.39, 0.29) is 18.1 Å².